The summed E-state index contributed by atoms with van der Waals surface area (Å²) in [4.78, 5) is 30.1. The topological polar surface area (TPSA) is 99.5 Å². The average Bonchev–Trinajstić information content (AvgIpc) is 3.23. The quantitative estimate of drug-likeness (QED) is 0.0461. The maximum Gasteiger partial charge on any atom is 0.305 e. The maximum absolute atomic E-state index is 12.7. The minimum Gasteiger partial charge on any atom is -0.465 e. The number of hydrogen-bond acceptors (Lipinski definition) is 8. The lowest BCUT2D eigenvalue weighted by Gasteiger charge is -2.27. The molecule has 8 nitrogen and oxygen atoms in total. The predicted octanol–water partition coefficient (Wildman–Crippen LogP) is 13.6. The number of ether oxygens (including phenoxy) is 2. The monoisotopic (exact) mass is 867 g/mol. The number of esters is 2. The Morgan fingerprint density at radius 3 is 1.00 bits per heavy atom. The van der Waals surface area contributed by atoms with Gasteiger partial charge >= 0.3 is 11.9 Å². The van der Waals surface area contributed by atoms with E-state index in [1.165, 1.54) is 154 Å². The van der Waals surface area contributed by atoms with Gasteiger partial charge in [-0.25, -0.2) is 0 Å². The molecule has 61 heavy (non-hydrogen) atoms. The van der Waals surface area contributed by atoms with E-state index in [1.54, 1.807) is 0 Å². The van der Waals surface area contributed by atoms with E-state index in [1.807, 2.05) is 13.8 Å². The summed E-state index contributed by atoms with van der Waals surface area (Å²) in [7, 11) is 0. The standard InChI is InChI=1S/C53H106N2O6/c1-7-11-15-19-21-27-36-50(34-25-17-13-9-3)46-60-52(58)38-29-23-31-40-54(44-48(5)56)42-33-43-55(45-49(6)57)41-32-24-30-39-53(59)61-47-51(35-26-18-14-10-4)37-28-22-20-16-12-8-2/h48-51,56-57H,7-47H2,1-6H3. The molecule has 4 unspecified atom stereocenters. The molecule has 0 saturated heterocycles. The smallest absolute Gasteiger partial charge is 0.305 e. The van der Waals surface area contributed by atoms with Gasteiger partial charge in [0.05, 0.1) is 25.4 Å². The van der Waals surface area contributed by atoms with Crippen LogP contribution in [-0.4, -0.2) is 96.6 Å². The van der Waals surface area contributed by atoms with Gasteiger partial charge in [-0.15, -0.1) is 0 Å². The Balaban J connectivity index is 4.55. The molecule has 0 amide bonds. The van der Waals surface area contributed by atoms with E-state index < -0.39 is 12.2 Å². The zero-order valence-corrected chi connectivity index (χ0v) is 41.7. The van der Waals surface area contributed by atoms with Crippen molar-refractivity contribution in [2.24, 2.45) is 11.8 Å². The van der Waals surface area contributed by atoms with Crippen LogP contribution in [0.1, 0.15) is 253 Å². The molecule has 0 saturated carbocycles. The molecule has 0 aliphatic rings. The minimum atomic E-state index is -0.390. The molecular formula is C53H106N2O6. The van der Waals surface area contributed by atoms with Gasteiger partial charge in [0.1, 0.15) is 0 Å². The molecule has 364 valence electrons. The van der Waals surface area contributed by atoms with E-state index >= 15 is 0 Å². The third kappa shape index (κ3) is 42.5. The summed E-state index contributed by atoms with van der Waals surface area (Å²) in [6.07, 6.45) is 37.3. The predicted molar refractivity (Wildman–Crippen MR) is 260 cm³/mol. The number of carbonyl (C=O) groups excluding carboxylic acids is 2. The Bertz CT molecular complexity index is 860. The fourth-order valence-corrected chi connectivity index (χ4v) is 8.75. The van der Waals surface area contributed by atoms with Gasteiger partial charge < -0.3 is 29.5 Å². The molecule has 8 heteroatoms. The fourth-order valence-electron chi connectivity index (χ4n) is 8.75. The molecule has 0 bridgehead atoms. The Morgan fingerprint density at radius 2 is 0.672 bits per heavy atom. The zero-order chi connectivity index (χ0) is 45.0. The van der Waals surface area contributed by atoms with Crippen molar-refractivity contribution < 1.29 is 29.3 Å². The van der Waals surface area contributed by atoms with E-state index in [0.717, 1.165) is 71.1 Å². The van der Waals surface area contributed by atoms with Gasteiger partial charge in [-0.1, -0.05) is 169 Å². The van der Waals surface area contributed by atoms with Crippen molar-refractivity contribution in [2.45, 2.75) is 266 Å². The van der Waals surface area contributed by atoms with Crippen LogP contribution < -0.4 is 0 Å². The van der Waals surface area contributed by atoms with Crippen molar-refractivity contribution in [3.8, 4) is 0 Å². The maximum atomic E-state index is 12.7. The molecule has 0 rings (SSSR count). The Hall–Kier alpha value is -1.22. The molecule has 0 aliphatic heterocycles. The highest BCUT2D eigenvalue weighted by Gasteiger charge is 2.16. The molecule has 4 atom stereocenters. The second-order valence-corrected chi connectivity index (χ2v) is 19.2. The largest absolute Gasteiger partial charge is 0.465 e. The first kappa shape index (κ1) is 59.8. The van der Waals surface area contributed by atoms with Crippen molar-refractivity contribution in [3.05, 3.63) is 0 Å². The van der Waals surface area contributed by atoms with Crippen LogP contribution in [0.25, 0.3) is 0 Å². The van der Waals surface area contributed by atoms with E-state index in [4.69, 9.17) is 9.47 Å². The Labute approximate surface area is 379 Å². The molecule has 0 aliphatic carbocycles. The highest BCUT2D eigenvalue weighted by Crippen LogP contribution is 2.22. The lowest BCUT2D eigenvalue weighted by molar-refractivity contribution is -0.146. The number of aliphatic hydroxyl groups excluding tert-OH is 2. The number of carbonyl (C=O) groups is 2. The number of hydrogen-bond donors (Lipinski definition) is 2. The summed E-state index contributed by atoms with van der Waals surface area (Å²) < 4.78 is 11.6. The second-order valence-electron chi connectivity index (χ2n) is 19.2. The molecule has 0 aromatic carbocycles. The van der Waals surface area contributed by atoms with Crippen LogP contribution >= 0.6 is 0 Å². The highest BCUT2D eigenvalue weighted by atomic mass is 16.5. The summed E-state index contributed by atoms with van der Waals surface area (Å²) in [6.45, 7) is 18.8. The van der Waals surface area contributed by atoms with Gasteiger partial charge in [0.15, 0.2) is 0 Å². The van der Waals surface area contributed by atoms with Crippen LogP contribution in [0.15, 0.2) is 0 Å². The SMILES string of the molecule is CCCCCCCCC(CCCCCC)COC(=O)CCCCCN(CCCN(CCCCCC(=O)OCC(CCCCCC)CCCCCCCC)CC(C)O)CC(C)O. The normalized spacial score (nSPS) is 13.8. The molecule has 0 heterocycles. The van der Waals surface area contributed by atoms with E-state index in [-0.39, 0.29) is 11.9 Å². The number of aliphatic hydroxyl groups is 2. The van der Waals surface area contributed by atoms with Crippen LogP contribution in [-0.2, 0) is 19.1 Å². The molecule has 0 fully saturated rings. The Morgan fingerprint density at radius 1 is 0.393 bits per heavy atom. The summed E-state index contributed by atoms with van der Waals surface area (Å²) in [5.41, 5.74) is 0. The molecule has 2 N–H and O–H groups in total. The molecule has 0 spiro atoms. The summed E-state index contributed by atoms with van der Waals surface area (Å²) >= 11 is 0. The first-order valence-corrected chi connectivity index (χ1v) is 26.8. The van der Waals surface area contributed by atoms with Gasteiger partial charge in [-0.05, 0) is 110 Å². The molecule has 0 radical (unpaired) electrons. The van der Waals surface area contributed by atoms with Crippen molar-refractivity contribution >= 4 is 11.9 Å². The van der Waals surface area contributed by atoms with Crippen molar-refractivity contribution in [1.82, 2.24) is 9.80 Å². The first-order chi connectivity index (χ1) is 29.6. The lowest BCUT2D eigenvalue weighted by atomic mass is 9.95. The van der Waals surface area contributed by atoms with E-state index in [0.29, 0.717) is 51.0 Å². The van der Waals surface area contributed by atoms with Crippen LogP contribution in [0.3, 0.4) is 0 Å². The third-order valence-corrected chi connectivity index (χ3v) is 12.5. The lowest BCUT2D eigenvalue weighted by Crippen LogP contribution is -2.37. The number of unbranched alkanes of at least 4 members (excludes halogenated alkanes) is 20. The summed E-state index contributed by atoms with van der Waals surface area (Å²) in [5, 5.41) is 20.4. The molecule has 0 aromatic rings. The average molecular weight is 867 g/mol. The highest BCUT2D eigenvalue weighted by molar-refractivity contribution is 5.69. The van der Waals surface area contributed by atoms with Crippen LogP contribution in [0.4, 0.5) is 0 Å². The van der Waals surface area contributed by atoms with Gasteiger partial charge in [0.2, 0.25) is 0 Å². The van der Waals surface area contributed by atoms with E-state index in [9.17, 15) is 19.8 Å². The first-order valence-electron chi connectivity index (χ1n) is 26.8. The number of nitrogens with zero attached hydrogens (tertiary/aromatic N) is 2. The van der Waals surface area contributed by atoms with Crippen molar-refractivity contribution in [3.63, 3.8) is 0 Å². The van der Waals surface area contributed by atoms with Crippen LogP contribution in [0.5, 0.6) is 0 Å². The zero-order valence-electron chi connectivity index (χ0n) is 41.7. The minimum absolute atomic E-state index is 0.0452. The molecular weight excluding hydrogens is 761 g/mol. The van der Waals surface area contributed by atoms with Crippen LogP contribution in [0, 0.1) is 11.8 Å². The molecule has 0 aromatic heterocycles. The fraction of sp³-hybridized carbons (Fsp3) is 0.962. The summed E-state index contributed by atoms with van der Waals surface area (Å²) in [5.74, 6) is 0.911. The second kappa shape index (κ2) is 45.4. The third-order valence-electron chi connectivity index (χ3n) is 12.5. The van der Waals surface area contributed by atoms with Gasteiger partial charge in [-0.3, -0.25) is 9.59 Å². The van der Waals surface area contributed by atoms with Crippen LogP contribution in [0.2, 0.25) is 0 Å². The number of rotatable bonds is 48. The van der Waals surface area contributed by atoms with Crippen molar-refractivity contribution in [1.29, 1.82) is 0 Å². The van der Waals surface area contributed by atoms with Gasteiger partial charge in [0, 0.05) is 25.9 Å². The van der Waals surface area contributed by atoms with Gasteiger partial charge in [-0.2, -0.15) is 0 Å². The Kier molecular flexibility index (Phi) is 44.4. The van der Waals surface area contributed by atoms with Gasteiger partial charge in [0.25, 0.3) is 0 Å². The summed E-state index contributed by atoms with van der Waals surface area (Å²) in [6, 6.07) is 0. The van der Waals surface area contributed by atoms with E-state index in [2.05, 4.69) is 37.5 Å². The van der Waals surface area contributed by atoms with Crippen molar-refractivity contribution in [2.75, 3.05) is 52.5 Å².